The molecule has 0 radical (unpaired) electrons. The minimum absolute atomic E-state index is 0. The van der Waals surface area contributed by atoms with E-state index < -0.39 is 8.15 Å². The van der Waals surface area contributed by atoms with Crippen molar-refractivity contribution in [3.8, 4) is 11.1 Å². The molecule has 5 aromatic rings. The minimum Gasteiger partial charge on any atom is -0.674 e. The van der Waals surface area contributed by atoms with Crippen LogP contribution < -0.4 is 25.5 Å². The monoisotopic (exact) mass is 781 g/mol. The first-order valence-electron chi connectivity index (χ1n) is 14.9. The number of hydroxylamine groups is 1. The average molecular weight is 782 g/mol. The first kappa shape index (κ1) is 30.5. The molecular weight excluding hydrogens is 746 g/mol. The van der Waals surface area contributed by atoms with Crippen LogP contribution in [-0.2, 0) is 25.7 Å². The fourth-order valence-electron chi connectivity index (χ4n) is 5.97. The van der Waals surface area contributed by atoms with Crippen molar-refractivity contribution in [1.82, 2.24) is 0 Å². The number of fused-ring (bicyclic) bond motifs is 2. The smallest absolute Gasteiger partial charge is 0.230 e. The summed E-state index contributed by atoms with van der Waals surface area (Å²) in [6.07, 6.45) is 0. The maximum Gasteiger partial charge on any atom is 0.230 e. The van der Waals surface area contributed by atoms with Gasteiger partial charge >= 0.3 is 0 Å². The molecule has 0 saturated heterocycles. The molecule has 2 aliphatic rings. The van der Waals surface area contributed by atoms with Gasteiger partial charge in [0.05, 0.1) is 0 Å². The molecule has 2 unspecified atom stereocenters. The maximum atomic E-state index is 6.80. The summed E-state index contributed by atoms with van der Waals surface area (Å²) in [5.74, 6) is 1.70. The van der Waals surface area contributed by atoms with Crippen LogP contribution in [0, 0.1) is 12.1 Å². The minimum atomic E-state index is -1.57. The Balaban J connectivity index is 0.00000343. The molecule has 44 heavy (non-hydrogen) atoms. The molecule has 4 aromatic carbocycles. The number of furan rings is 1. The van der Waals surface area contributed by atoms with Crippen molar-refractivity contribution in [2.45, 2.75) is 32.7 Å². The molecule has 0 spiro atoms. The largest absolute Gasteiger partial charge is 0.674 e. The molecule has 228 valence electrons. The van der Waals surface area contributed by atoms with Gasteiger partial charge in [-0.1, -0.05) is 67.8 Å². The van der Waals surface area contributed by atoms with E-state index in [0.29, 0.717) is 19.1 Å². The van der Waals surface area contributed by atoms with Crippen LogP contribution in [0.3, 0.4) is 0 Å². The zero-order valence-electron chi connectivity index (χ0n) is 25.2. The number of nitrogens with zero attached hydrogens (tertiary/aromatic N) is 4. The molecule has 2 aliphatic heterocycles. The molecule has 7 rings (SSSR count). The van der Waals surface area contributed by atoms with Crippen molar-refractivity contribution < 1.29 is 30.1 Å². The first-order chi connectivity index (χ1) is 21.0. The Kier molecular flexibility index (Phi) is 8.87. The molecule has 6 nitrogen and oxygen atoms in total. The van der Waals surface area contributed by atoms with Crippen LogP contribution in [0.4, 0.5) is 28.6 Å². The Morgan fingerprint density at radius 1 is 0.909 bits per heavy atom. The normalized spacial score (nSPS) is 16.8. The topological polar surface area (TPSA) is 46.2 Å². The molecule has 8 heteroatoms. The Morgan fingerprint density at radius 2 is 1.59 bits per heavy atom. The summed E-state index contributed by atoms with van der Waals surface area (Å²) < 4.78 is 13.4. The van der Waals surface area contributed by atoms with Gasteiger partial charge in [0.25, 0.3) is 0 Å². The molecule has 0 fully saturated rings. The molecule has 0 amide bonds. The predicted molar refractivity (Wildman–Crippen MR) is 179 cm³/mol. The van der Waals surface area contributed by atoms with Gasteiger partial charge in [0, 0.05) is 46.4 Å². The summed E-state index contributed by atoms with van der Waals surface area (Å²) in [6, 6.07) is 41.1. The van der Waals surface area contributed by atoms with Crippen LogP contribution in [0.25, 0.3) is 16.4 Å². The average Bonchev–Trinajstić information content (AvgIpc) is 3.72. The van der Waals surface area contributed by atoms with E-state index in [1.807, 2.05) is 17.2 Å². The van der Waals surface area contributed by atoms with Gasteiger partial charge in [-0.25, -0.2) is 5.06 Å². The number of hydrogen-bond donors (Lipinski definition) is 0. The van der Waals surface area contributed by atoms with Crippen LogP contribution in [0.2, 0.25) is 0 Å². The third-order valence-electron chi connectivity index (χ3n) is 8.43. The summed E-state index contributed by atoms with van der Waals surface area (Å²) in [4.78, 5) is 4.47. The van der Waals surface area contributed by atoms with Crippen molar-refractivity contribution in [3.05, 3.63) is 120 Å². The fraction of sp³-hybridized carbons (Fsp3) is 0.222. The second-order valence-corrected chi connectivity index (χ2v) is 13.1. The number of hydrogen-bond acceptors (Lipinski definition) is 5. The van der Waals surface area contributed by atoms with Crippen LogP contribution in [0.15, 0.2) is 101 Å². The van der Waals surface area contributed by atoms with Gasteiger partial charge in [0.15, 0.2) is 0 Å². The number of rotatable bonds is 8. The summed E-state index contributed by atoms with van der Waals surface area (Å²) >= 11 is 0. The van der Waals surface area contributed by atoms with Gasteiger partial charge in [-0.3, -0.25) is 0 Å². The van der Waals surface area contributed by atoms with E-state index >= 15 is 0 Å². The van der Waals surface area contributed by atoms with Crippen LogP contribution >= 0.6 is 8.15 Å². The maximum absolute atomic E-state index is 6.80. The van der Waals surface area contributed by atoms with Crippen LogP contribution in [0.5, 0.6) is 0 Å². The zero-order chi connectivity index (χ0) is 29.5. The summed E-state index contributed by atoms with van der Waals surface area (Å²) in [5.41, 5.74) is 6.25. The summed E-state index contributed by atoms with van der Waals surface area (Å²) in [5, 5.41) is 9.02. The Hall–Kier alpha value is -3.56. The van der Waals surface area contributed by atoms with E-state index in [9.17, 15) is 0 Å². The van der Waals surface area contributed by atoms with Crippen LogP contribution in [0.1, 0.15) is 32.4 Å². The molecular formula is C36H35N4O2PPt-2. The van der Waals surface area contributed by atoms with E-state index in [-0.39, 0.29) is 33.0 Å². The Labute approximate surface area is 275 Å². The van der Waals surface area contributed by atoms with E-state index in [4.69, 9.17) is 14.4 Å². The first-order valence-corrected chi connectivity index (χ1v) is 16.3. The molecule has 0 aliphatic carbocycles. The molecule has 0 bridgehead atoms. The summed E-state index contributed by atoms with van der Waals surface area (Å²) in [6.45, 7) is 7.83. The number of benzene rings is 4. The molecule has 0 N–H and O–H groups in total. The van der Waals surface area contributed by atoms with Gasteiger partial charge in [-0.2, -0.15) is 11.8 Å². The SMILES string of the molecule is CCN(O[PH+](c1ccccc1)c1ccccc1)c1[c-]c2c(o1)C(C)C(C)N2c1[c-]c(-c2cccc3c2[N-]CN3C)ccc1.[Pt]. The second kappa shape index (κ2) is 12.8. The number of para-hydroxylation sites is 1. The quantitative estimate of drug-likeness (QED) is 0.0905. The molecule has 0 saturated carbocycles. The van der Waals surface area contributed by atoms with E-state index in [2.05, 4.69) is 135 Å². The molecule has 1 aromatic heterocycles. The van der Waals surface area contributed by atoms with Gasteiger partial charge < -0.3 is 19.5 Å². The van der Waals surface area contributed by atoms with Gasteiger partial charge in [0.1, 0.15) is 16.5 Å². The van der Waals surface area contributed by atoms with Crippen LogP contribution in [-0.4, -0.2) is 26.3 Å². The van der Waals surface area contributed by atoms with E-state index in [1.54, 1.807) is 0 Å². The zero-order valence-corrected chi connectivity index (χ0v) is 28.5. The van der Waals surface area contributed by atoms with E-state index in [1.165, 1.54) is 10.6 Å². The van der Waals surface area contributed by atoms with Crippen molar-refractivity contribution in [2.75, 3.05) is 35.1 Å². The van der Waals surface area contributed by atoms with Crippen molar-refractivity contribution in [1.29, 1.82) is 0 Å². The van der Waals surface area contributed by atoms with Crippen molar-refractivity contribution in [3.63, 3.8) is 0 Å². The van der Waals surface area contributed by atoms with Crippen molar-refractivity contribution in [2.24, 2.45) is 0 Å². The Morgan fingerprint density at radius 3 is 2.27 bits per heavy atom. The predicted octanol–water partition coefficient (Wildman–Crippen LogP) is 8.14. The van der Waals surface area contributed by atoms with Crippen molar-refractivity contribution >= 4 is 47.4 Å². The molecule has 2 atom stereocenters. The summed E-state index contributed by atoms with van der Waals surface area (Å²) in [7, 11) is 0.507. The Bertz CT molecular complexity index is 1690. The third-order valence-corrected chi connectivity index (χ3v) is 10.6. The fourth-order valence-corrected chi connectivity index (χ4v) is 7.94. The van der Waals surface area contributed by atoms with E-state index in [0.717, 1.165) is 39.6 Å². The third kappa shape index (κ3) is 5.45. The number of anilines is 4. The standard InChI is InChI=1S/C36H34N4O2P.Pt/c1-5-39(42-43(29-16-8-6-9-17-29)30-18-10-7-11-19-30)34-23-33-36(41-34)25(2)26(3)40(33)28-15-12-14-27(22-28)31-20-13-21-32-35(31)37-24-38(32)4;/h6-21,25-26H,5,24H2,1-4H3;/q-3;/p+1. The van der Waals surface area contributed by atoms with Gasteiger partial charge in [-0.05, 0) is 61.5 Å². The molecule has 3 heterocycles. The van der Waals surface area contributed by atoms with Gasteiger partial charge in [-0.15, -0.1) is 40.0 Å². The van der Waals surface area contributed by atoms with Gasteiger partial charge in [0.2, 0.25) is 8.15 Å². The second-order valence-electron chi connectivity index (χ2n) is 11.1.